The van der Waals surface area contributed by atoms with Gasteiger partial charge >= 0.3 is 5.97 Å². The van der Waals surface area contributed by atoms with E-state index in [1.807, 2.05) is 194 Å². The Hall–Kier alpha value is -8.79. The number of imide groups is 1. The van der Waals surface area contributed by atoms with Crippen LogP contribution in [-0.4, -0.2) is 46.0 Å². The van der Waals surface area contributed by atoms with Gasteiger partial charge in [-0.1, -0.05) is 291 Å². The number of benzene rings is 10. The molecule has 0 bridgehead atoms. The van der Waals surface area contributed by atoms with Crippen LogP contribution in [0.5, 0.6) is 0 Å². The first-order chi connectivity index (χ1) is 53.2. The number of halogens is 10. The first kappa shape index (κ1) is 83.2. The molecule has 5 aliphatic rings. The van der Waals surface area contributed by atoms with Crippen molar-refractivity contribution in [1.29, 1.82) is 0 Å². The number of amides is 4. The van der Waals surface area contributed by atoms with Crippen LogP contribution in [0.2, 0.25) is 50.2 Å². The highest BCUT2D eigenvalue weighted by Gasteiger charge is 2.32. The first-order valence-electron chi connectivity index (χ1n) is 35.7. The van der Waals surface area contributed by atoms with Crippen LogP contribution in [0.1, 0.15) is 197 Å². The largest absolute Gasteiger partial charge is 0.331 e. The summed E-state index contributed by atoms with van der Waals surface area (Å²) in [5.74, 6) is 0.0722. The van der Waals surface area contributed by atoms with Crippen molar-refractivity contribution < 1.29 is 33.6 Å². The van der Waals surface area contributed by atoms with Crippen molar-refractivity contribution in [3.05, 3.63) is 364 Å². The minimum Gasteiger partial charge on any atom is -0.326 e. The van der Waals surface area contributed by atoms with Crippen LogP contribution in [-0.2, 0) is 28.8 Å². The Balaban J connectivity index is 0.000000138. The molecule has 0 fully saturated rings. The molecule has 2 N–H and O–H groups in total. The standard InChI is InChI=1S/C20H17Cl2NO2.C18H15Cl2NO2.2C18H15Cl2NO.C16H12Cl2O/c1-12(24)23(13(2)25)20-10-8-15(16-5-3-4-6-17(16)20)14-7-9-18(21)19(22)11-14;1-11(22)23-21-18-9-7-13(14-4-2-3-5-15(14)18)12-6-8-16(19)17(20)10-12;2*1-11(22)21-18-9-7-13(14-4-2-3-5-15(14)18)12-6-8-16(19)17(20)10-12;17-14-7-5-10(9-15(14)18)11-6-8-16(19)13-4-2-1-3-12(11)13/h3-7,9-11,15H,8H2,1-2H3;2-6,8,10,13H,7,9H2,1H3;2*2-6,8-10,13H,7H2,1H3,(H,21,22);1-5,7,9,11H,6,8H2/b;21-18+;;;. The maximum Gasteiger partial charge on any atom is 0.331 e. The van der Waals surface area contributed by atoms with Crippen LogP contribution >= 0.6 is 116 Å². The lowest BCUT2D eigenvalue weighted by Crippen LogP contribution is -2.33. The number of allylic oxidation sites excluding steroid dienone is 3. The second-order valence-corrected chi connectivity index (χ2v) is 31.0. The summed E-state index contributed by atoms with van der Waals surface area (Å²) < 4.78 is 0. The third kappa shape index (κ3) is 20.4. The van der Waals surface area contributed by atoms with Crippen LogP contribution in [0.4, 0.5) is 0 Å². The van der Waals surface area contributed by atoms with Crippen LogP contribution in [0, 0.1) is 0 Å². The summed E-state index contributed by atoms with van der Waals surface area (Å²) in [6.07, 6.45) is 11.4. The number of nitrogens with zero attached hydrogens (tertiary/aromatic N) is 2. The molecule has 566 valence electrons. The monoisotopic (exact) mass is 1670 g/mol. The summed E-state index contributed by atoms with van der Waals surface area (Å²) in [6, 6.07) is 68.5. The van der Waals surface area contributed by atoms with Gasteiger partial charge in [-0.05, 0) is 155 Å². The van der Waals surface area contributed by atoms with Gasteiger partial charge in [0.2, 0.25) is 23.6 Å². The maximum absolute atomic E-state index is 12.0. The Morgan fingerprint density at radius 3 is 1.00 bits per heavy atom. The van der Waals surface area contributed by atoms with E-state index in [0.29, 0.717) is 68.8 Å². The normalized spacial score (nSPS) is 17.2. The number of hydrogen-bond donors (Lipinski definition) is 2. The molecule has 0 saturated carbocycles. The van der Waals surface area contributed by atoms with Crippen molar-refractivity contribution >= 4 is 174 Å². The predicted octanol–water partition coefficient (Wildman–Crippen LogP) is 25.6. The van der Waals surface area contributed by atoms with Crippen molar-refractivity contribution in [2.45, 2.75) is 109 Å². The number of carbonyl (C=O) groups excluding carboxylic acids is 6. The molecule has 0 spiro atoms. The van der Waals surface area contributed by atoms with E-state index in [-0.39, 0.29) is 59.0 Å². The van der Waals surface area contributed by atoms with Crippen molar-refractivity contribution in [2.24, 2.45) is 5.16 Å². The van der Waals surface area contributed by atoms with Crippen molar-refractivity contribution in [3.8, 4) is 0 Å². The molecular weight excluding hydrogens is 1600 g/mol. The fraction of sp³-hybridized carbons (Fsp3) is 0.189. The summed E-state index contributed by atoms with van der Waals surface area (Å²) in [5, 5.41) is 15.3. The molecule has 5 aliphatic carbocycles. The van der Waals surface area contributed by atoms with E-state index in [0.717, 1.165) is 122 Å². The molecule has 0 aromatic heterocycles. The molecule has 0 saturated heterocycles. The lowest BCUT2D eigenvalue weighted by molar-refractivity contribution is -0.141. The van der Waals surface area contributed by atoms with Gasteiger partial charge in [0.1, 0.15) is 0 Å². The number of nitrogens with one attached hydrogen (secondary N) is 2. The molecule has 0 heterocycles. The van der Waals surface area contributed by atoms with E-state index in [1.165, 1.54) is 50.6 Å². The van der Waals surface area contributed by atoms with E-state index >= 15 is 0 Å². The minimum absolute atomic E-state index is 0.0611. The first-order valence-corrected chi connectivity index (χ1v) is 39.5. The van der Waals surface area contributed by atoms with E-state index in [4.69, 9.17) is 121 Å². The Kier molecular flexibility index (Phi) is 28.6. The Labute approximate surface area is 696 Å². The lowest BCUT2D eigenvalue weighted by atomic mass is 9.78. The molecule has 21 heteroatoms. The van der Waals surface area contributed by atoms with Crippen LogP contribution in [0.3, 0.4) is 0 Å². The number of hydrogen-bond acceptors (Lipinski definition) is 8. The average molecular weight is 1680 g/mol. The number of ketones is 1. The fourth-order valence-corrected chi connectivity index (χ4v) is 16.2. The summed E-state index contributed by atoms with van der Waals surface area (Å²) in [6.45, 7) is 7.19. The van der Waals surface area contributed by atoms with Gasteiger partial charge in [-0.25, -0.2) is 4.79 Å². The van der Waals surface area contributed by atoms with Gasteiger partial charge in [-0.2, -0.15) is 0 Å². The second-order valence-electron chi connectivity index (χ2n) is 27.0. The molecule has 15 rings (SSSR count). The van der Waals surface area contributed by atoms with Crippen molar-refractivity contribution in [2.75, 3.05) is 0 Å². The maximum atomic E-state index is 12.0. The van der Waals surface area contributed by atoms with Crippen LogP contribution < -0.4 is 10.6 Å². The summed E-state index contributed by atoms with van der Waals surface area (Å²) in [4.78, 5) is 75.6. The Morgan fingerprint density at radius 2 is 0.649 bits per heavy atom. The number of Topliss-reactive ketones (excluding diaryl/α,β-unsaturated/α-hetero) is 1. The predicted molar refractivity (Wildman–Crippen MR) is 453 cm³/mol. The van der Waals surface area contributed by atoms with E-state index < -0.39 is 5.97 Å². The molecule has 10 aromatic carbocycles. The van der Waals surface area contributed by atoms with Gasteiger partial charge < -0.3 is 15.5 Å². The molecule has 5 atom stereocenters. The Bertz CT molecular complexity index is 5240. The van der Waals surface area contributed by atoms with Gasteiger partial charge in [-0.15, -0.1) is 0 Å². The molecule has 111 heavy (non-hydrogen) atoms. The van der Waals surface area contributed by atoms with Crippen molar-refractivity contribution in [3.63, 3.8) is 0 Å². The zero-order valence-electron chi connectivity index (χ0n) is 60.8. The third-order valence-electron chi connectivity index (χ3n) is 19.6. The number of oxime groups is 1. The molecular formula is C90H74Cl10N4O7. The lowest BCUT2D eigenvalue weighted by Gasteiger charge is -2.30. The summed E-state index contributed by atoms with van der Waals surface area (Å²) in [7, 11) is 0. The smallest absolute Gasteiger partial charge is 0.326 e. The van der Waals surface area contributed by atoms with Gasteiger partial charge in [0.05, 0.1) is 61.6 Å². The van der Waals surface area contributed by atoms with Crippen molar-refractivity contribution in [1.82, 2.24) is 15.5 Å². The van der Waals surface area contributed by atoms with Crippen LogP contribution in [0.25, 0.3) is 17.1 Å². The molecule has 0 radical (unpaired) electrons. The quantitative estimate of drug-likeness (QED) is 0.108. The van der Waals surface area contributed by atoms with Crippen LogP contribution in [0.15, 0.2) is 236 Å². The topological polar surface area (TPSA) is 151 Å². The minimum atomic E-state index is -0.415. The molecule has 4 amide bonds. The van der Waals surface area contributed by atoms with E-state index in [1.54, 1.807) is 6.07 Å². The van der Waals surface area contributed by atoms with Gasteiger partial charge in [0.25, 0.3) is 0 Å². The van der Waals surface area contributed by atoms with E-state index in [9.17, 15) is 28.8 Å². The Morgan fingerprint density at radius 1 is 0.351 bits per heavy atom. The highest BCUT2D eigenvalue weighted by Crippen LogP contribution is 2.46. The molecule has 11 nitrogen and oxygen atoms in total. The van der Waals surface area contributed by atoms with Gasteiger partial charge in [0, 0.05) is 110 Å². The van der Waals surface area contributed by atoms with Gasteiger partial charge in [-0.3, -0.25) is 28.9 Å². The third-order valence-corrected chi connectivity index (χ3v) is 23.3. The zero-order chi connectivity index (χ0) is 79.3. The number of fused-ring (bicyclic) bond motifs is 5. The summed E-state index contributed by atoms with van der Waals surface area (Å²) in [5.41, 5.74) is 19.3. The average Bonchev–Trinajstić information content (AvgIpc) is 0.799. The highest BCUT2D eigenvalue weighted by molar-refractivity contribution is 6.44. The van der Waals surface area contributed by atoms with E-state index in [2.05, 4.69) is 46.1 Å². The summed E-state index contributed by atoms with van der Waals surface area (Å²) >= 11 is 60.8. The number of rotatable bonds is 9. The fourth-order valence-electron chi connectivity index (χ4n) is 14.7. The molecule has 10 aromatic rings. The molecule has 5 unspecified atom stereocenters. The zero-order valence-corrected chi connectivity index (χ0v) is 68.4. The highest BCUT2D eigenvalue weighted by atomic mass is 35.5. The number of carbonyl (C=O) groups is 6. The molecule has 0 aliphatic heterocycles. The van der Waals surface area contributed by atoms with Gasteiger partial charge in [0.15, 0.2) is 5.78 Å². The second kappa shape index (κ2) is 38.2. The SMILES string of the molecule is CC(=O)N(C(C)=O)C1=CCC(c2ccc(Cl)c(Cl)c2)c2ccccc21.CC(=O)NC1=CCC(c2ccc(Cl)c(Cl)c2)c2ccccc21.CC(=O)NC1=CCC(c2ccc(Cl)c(Cl)c2)c2ccccc21.CC(=O)O/N=C1\CCC(c2ccc(Cl)c(Cl)c2)c2ccccc21.O=C1CCC(c2ccc(Cl)c(Cl)c2)c2ccccc21.